The van der Waals surface area contributed by atoms with E-state index in [2.05, 4.69) is 9.97 Å². The van der Waals surface area contributed by atoms with Gasteiger partial charge in [-0.15, -0.1) is 0 Å². The fourth-order valence-corrected chi connectivity index (χ4v) is 2.17. The predicted octanol–water partition coefficient (Wildman–Crippen LogP) is 2.55. The van der Waals surface area contributed by atoms with Gasteiger partial charge in [0.25, 0.3) is 0 Å². The van der Waals surface area contributed by atoms with Crippen LogP contribution in [0.5, 0.6) is 0 Å². The van der Waals surface area contributed by atoms with Crippen LogP contribution in [0.2, 0.25) is 0 Å². The molecule has 1 aliphatic rings. The maximum absolute atomic E-state index is 13.1. The Kier molecular flexibility index (Phi) is 2.26. The van der Waals surface area contributed by atoms with Gasteiger partial charge in [-0.05, 0) is 31.4 Å². The number of nitrogens with one attached hydrogen (secondary N) is 1. The highest BCUT2D eigenvalue weighted by molar-refractivity contribution is 5.58. The van der Waals surface area contributed by atoms with Gasteiger partial charge in [0.2, 0.25) is 0 Å². The Hall–Kier alpha value is -1.68. The van der Waals surface area contributed by atoms with Gasteiger partial charge in [0, 0.05) is 5.56 Å². The first-order chi connectivity index (χ1) is 8.17. The summed E-state index contributed by atoms with van der Waals surface area (Å²) in [6, 6.07) is 6.45. The summed E-state index contributed by atoms with van der Waals surface area (Å²) in [6.07, 6.45) is 4.79. The highest BCUT2D eigenvalue weighted by Crippen LogP contribution is 2.37. The van der Waals surface area contributed by atoms with Crippen molar-refractivity contribution in [2.24, 2.45) is 5.73 Å². The van der Waals surface area contributed by atoms with Crippen LogP contribution >= 0.6 is 0 Å². The number of halogens is 1. The van der Waals surface area contributed by atoms with E-state index in [0.29, 0.717) is 0 Å². The average Bonchev–Trinajstić information content (AvgIpc) is 2.75. The molecule has 3 rings (SSSR count). The zero-order valence-electron chi connectivity index (χ0n) is 9.41. The van der Waals surface area contributed by atoms with Gasteiger partial charge in [-0.25, -0.2) is 9.37 Å². The smallest absolute Gasteiger partial charge is 0.126 e. The van der Waals surface area contributed by atoms with Crippen LogP contribution in [-0.2, 0) is 5.54 Å². The van der Waals surface area contributed by atoms with Crippen molar-refractivity contribution in [1.29, 1.82) is 0 Å². The highest BCUT2D eigenvalue weighted by Gasteiger charge is 2.37. The van der Waals surface area contributed by atoms with E-state index in [9.17, 15) is 4.39 Å². The van der Waals surface area contributed by atoms with Gasteiger partial charge in [0.1, 0.15) is 11.6 Å². The number of hydrogen-bond donors (Lipinski definition) is 2. The molecular formula is C13H14FN3. The summed E-state index contributed by atoms with van der Waals surface area (Å²) in [5.41, 5.74) is 7.49. The molecule has 0 atom stereocenters. The number of aromatic amines is 1. The second-order valence-electron chi connectivity index (χ2n) is 4.67. The molecule has 1 aromatic carbocycles. The van der Waals surface area contributed by atoms with Crippen molar-refractivity contribution in [2.75, 3.05) is 0 Å². The third kappa shape index (κ3) is 1.74. The number of rotatable bonds is 2. The Balaban J connectivity index is 1.95. The lowest BCUT2D eigenvalue weighted by molar-refractivity contribution is 0.240. The van der Waals surface area contributed by atoms with Gasteiger partial charge in [0.15, 0.2) is 0 Å². The molecule has 2 aromatic rings. The standard InChI is InChI=1S/C13H14FN3/c14-10-4-1-3-9(7-10)11-8-16-12(17-11)13(15)5-2-6-13/h1,3-4,7-8H,2,5-6,15H2,(H,16,17). The number of nitrogens with zero attached hydrogens (tertiary/aromatic N) is 1. The number of nitrogens with two attached hydrogens (primary N) is 1. The van der Waals surface area contributed by atoms with Crippen LogP contribution in [-0.4, -0.2) is 9.97 Å². The minimum atomic E-state index is -0.300. The maximum atomic E-state index is 13.1. The summed E-state index contributed by atoms with van der Waals surface area (Å²) in [4.78, 5) is 7.51. The molecule has 1 heterocycles. The van der Waals surface area contributed by atoms with Gasteiger partial charge in [0.05, 0.1) is 17.4 Å². The normalized spacial score (nSPS) is 17.8. The van der Waals surface area contributed by atoms with Crippen molar-refractivity contribution in [3.8, 4) is 11.3 Å². The fourth-order valence-electron chi connectivity index (χ4n) is 2.17. The Bertz CT molecular complexity index is 543. The maximum Gasteiger partial charge on any atom is 0.126 e. The lowest BCUT2D eigenvalue weighted by Crippen LogP contribution is -2.44. The second-order valence-corrected chi connectivity index (χ2v) is 4.67. The summed E-state index contributed by atoms with van der Waals surface area (Å²) in [7, 11) is 0. The van der Waals surface area contributed by atoms with E-state index in [1.807, 2.05) is 6.07 Å². The van der Waals surface area contributed by atoms with Crippen LogP contribution in [0, 0.1) is 5.82 Å². The van der Waals surface area contributed by atoms with Crippen LogP contribution in [0.25, 0.3) is 11.3 Å². The molecule has 0 spiro atoms. The van der Waals surface area contributed by atoms with Crippen LogP contribution in [0.1, 0.15) is 25.1 Å². The first kappa shape index (κ1) is 10.5. The van der Waals surface area contributed by atoms with E-state index in [4.69, 9.17) is 5.73 Å². The number of H-pyrrole nitrogens is 1. The summed E-state index contributed by atoms with van der Waals surface area (Å²) in [6.45, 7) is 0. The number of imidazole rings is 1. The molecule has 0 radical (unpaired) electrons. The van der Waals surface area contributed by atoms with E-state index in [-0.39, 0.29) is 11.4 Å². The van der Waals surface area contributed by atoms with Gasteiger partial charge >= 0.3 is 0 Å². The molecule has 1 aromatic heterocycles. The van der Waals surface area contributed by atoms with E-state index in [0.717, 1.165) is 36.3 Å². The topological polar surface area (TPSA) is 54.7 Å². The molecule has 1 aliphatic carbocycles. The number of hydrogen-bond acceptors (Lipinski definition) is 2. The zero-order chi connectivity index (χ0) is 11.9. The van der Waals surface area contributed by atoms with E-state index in [1.54, 1.807) is 12.3 Å². The SMILES string of the molecule is NC1(c2ncc(-c3cccc(F)c3)[nH]2)CCC1. The minimum Gasteiger partial charge on any atom is -0.340 e. The molecule has 88 valence electrons. The molecule has 3 N–H and O–H groups in total. The Morgan fingerprint density at radius 1 is 1.35 bits per heavy atom. The monoisotopic (exact) mass is 231 g/mol. The quantitative estimate of drug-likeness (QED) is 0.834. The number of aromatic nitrogens is 2. The van der Waals surface area contributed by atoms with Gasteiger partial charge < -0.3 is 10.7 Å². The lowest BCUT2D eigenvalue weighted by Gasteiger charge is -2.35. The second kappa shape index (κ2) is 3.67. The van der Waals surface area contributed by atoms with Crippen LogP contribution < -0.4 is 5.73 Å². The van der Waals surface area contributed by atoms with E-state index in [1.165, 1.54) is 12.1 Å². The Morgan fingerprint density at radius 2 is 2.18 bits per heavy atom. The molecule has 1 saturated carbocycles. The third-order valence-corrected chi connectivity index (χ3v) is 3.43. The predicted molar refractivity (Wildman–Crippen MR) is 63.7 cm³/mol. The summed E-state index contributed by atoms with van der Waals surface area (Å²) in [5, 5.41) is 0. The first-order valence-electron chi connectivity index (χ1n) is 5.78. The zero-order valence-corrected chi connectivity index (χ0v) is 9.41. The Morgan fingerprint density at radius 3 is 2.82 bits per heavy atom. The molecule has 0 aliphatic heterocycles. The van der Waals surface area contributed by atoms with Gasteiger partial charge in [-0.2, -0.15) is 0 Å². The first-order valence-corrected chi connectivity index (χ1v) is 5.78. The fraction of sp³-hybridized carbons (Fsp3) is 0.308. The van der Waals surface area contributed by atoms with Crippen molar-refractivity contribution in [3.05, 3.63) is 42.1 Å². The molecule has 1 fully saturated rings. The molecule has 0 amide bonds. The highest BCUT2D eigenvalue weighted by atomic mass is 19.1. The average molecular weight is 231 g/mol. The third-order valence-electron chi connectivity index (χ3n) is 3.43. The van der Waals surface area contributed by atoms with Gasteiger partial charge in [-0.1, -0.05) is 12.1 Å². The molecule has 0 bridgehead atoms. The van der Waals surface area contributed by atoms with E-state index >= 15 is 0 Å². The van der Waals surface area contributed by atoms with Crippen LogP contribution in [0.3, 0.4) is 0 Å². The van der Waals surface area contributed by atoms with Crippen LogP contribution in [0.4, 0.5) is 4.39 Å². The van der Waals surface area contributed by atoms with E-state index < -0.39 is 0 Å². The summed E-state index contributed by atoms with van der Waals surface area (Å²) < 4.78 is 13.1. The molecule has 4 heteroatoms. The van der Waals surface area contributed by atoms with Crippen LogP contribution in [0.15, 0.2) is 30.5 Å². The van der Waals surface area contributed by atoms with Crippen molar-refractivity contribution >= 4 is 0 Å². The summed E-state index contributed by atoms with van der Waals surface area (Å²) >= 11 is 0. The van der Waals surface area contributed by atoms with Crippen molar-refractivity contribution < 1.29 is 4.39 Å². The lowest BCUT2D eigenvalue weighted by atomic mass is 9.77. The molecular weight excluding hydrogens is 217 g/mol. The van der Waals surface area contributed by atoms with Gasteiger partial charge in [-0.3, -0.25) is 0 Å². The molecule has 0 saturated heterocycles. The molecule has 0 unspecified atom stereocenters. The molecule has 17 heavy (non-hydrogen) atoms. The molecule has 3 nitrogen and oxygen atoms in total. The van der Waals surface area contributed by atoms with Crippen molar-refractivity contribution in [1.82, 2.24) is 9.97 Å². The minimum absolute atomic E-state index is 0.246. The summed E-state index contributed by atoms with van der Waals surface area (Å²) in [5.74, 6) is 0.563. The largest absolute Gasteiger partial charge is 0.340 e. The van der Waals surface area contributed by atoms with Crippen molar-refractivity contribution in [2.45, 2.75) is 24.8 Å². The Labute approximate surface area is 98.9 Å². The van der Waals surface area contributed by atoms with Crippen molar-refractivity contribution in [3.63, 3.8) is 0 Å². The number of benzene rings is 1.